The predicted molar refractivity (Wildman–Crippen MR) is 102 cm³/mol. The normalized spacial score (nSPS) is 18.3. The third-order valence-electron chi connectivity index (χ3n) is 5.18. The SMILES string of the molecule is O=C(CSc1ccccc1C(=O)N1CCCC1)NCC1CCCCC1. The zero-order valence-corrected chi connectivity index (χ0v) is 15.7. The molecule has 5 heteroatoms. The average Bonchev–Trinajstić information content (AvgIpc) is 3.20. The Morgan fingerprint density at radius 3 is 2.52 bits per heavy atom. The lowest BCUT2D eigenvalue weighted by atomic mass is 9.89. The van der Waals surface area contributed by atoms with Gasteiger partial charge in [0.2, 0.25) is 5.91 Å². The third kappa shape index (κ3) is 5.24. The topological polar surface area (TPSA) is 49.4 Å². The van der Waals surface area contributed by atoms with Crippen LogP contribution in [-0.2, 0) is 4.79 Å². The van der Waals surface area contributed by atoms with Gasteiger partial charge in [-0.3, -0.25) is 9.59 Å². The molecule has 0 bridgehead atoms. The third-order valence-corrected chi connectivity index (χ3v) is 6.26. The average molecular weight is 361 g/mol. The summed E-state index contributed by atoms with van der Waals surface area (Å²) in [6, 6.07) is 7.66. The van der Waals surface area contributed by atoms with Gasteiger partial charge < -0.3 is 10.2 Å². The lowest BCUT2D eigenvalue weighted by Crippen LogP contribution is -2.31. The van der Waals surface area contributed by atoms with Crippen molar-refractivity contribution in [2.24, 2.45) is 5.92 Å². The van der Waals surface area contributed by atoms with Gasteiger partial charge >= 0.3 is 0 Å². The number of hydrogen-bond donors (Lipinski definition) is 1. The first-order valence-electron chi connectivity index (χ1n) is 9.52. The van der Waals surface area contributed by atoms with Crippen LogP contribution in [-0.4, -0.2) is 42.1 Å². The molecule has 25 heavy (non-hydrogen) atoms. The molecule has 0 aromatic heterocycles. The smallest absolute Gasteiger partial charge is 0.254 e. The van der Waals surface area contributed by atoms with Crippen molar-refractivity contribution in [2.75, 3.05) is 25.4 Å². The predicted octanol–water partition coefficient (Wildman–Crippen LogP) is 3.71. The number of carbonyl (C=O) groups excluding carboxylic acids is 2. The molecule has 2 fully saturated rings. The van der Waals surface area contributed by atoms with Crippen molar-refractivity contribution in [3.8, 4) is 0 Å². The molecule has 3 rings (SSSR count). The molecule has 1 aromatic rings. The number of thioether (sulfide) groups is 1. The summed E-state index contributed by atoms with van der Waals surface area (Å²) in [4.78, 5) is 27.7. The van der Waals surface area contributed by atoms with Gasteiger partial charge in [0.25, 0.3) is 5.91 Å². The maximum Gasteiger partial charge on any atom is 0.254 e. The fraction of sp³-hybridized carbons (Fsp3) is 0.600. The summed E-state index contributed by atoms with van der Waals surface area (Å²) in [5.41, 5.74) is 0.731. The van der Waals surface area contributed by atoms with Crippen LogP contribution >= 0.6 is 11.8 Å². The van der Waals surface area contributed by atoms with Crippen molar-refractivity contribution in [3.63, 3.8) is 0 Å². The molecule has 2 amide bonds. The molecule has 136 valence electrons. The van der Waals surface area contributed by atoms with E-state index in [0.29, 0.717) is 11.7 Å². The summed E-state index contributed by atoms with van der Waals surface area (Å²) in [5, 5.41) is 3.07. The Balaban J connectivity index is 1.50. The highest BCUT2D eigenvalue weighted by Crippen LogP contribution is 2.25. The Hall–Kier alpha value is -1.49. The zero-order valence-electron chi connectivity index (χ0n) is 14.8. The number of likely N-dealkylation sites (tertiary alicyclic amines) is 1. The van der Waals surface area contributed by atoms with E-state index in [4.69, 9.17) is 0 Å². The first-order valence-corrected chi connectivity index (χ1v) is 10.5. The molecule has 1 saturated heterocycles. The van der Waals surface area contributed by atoms with E-state index in [1.807, 2.05) is 29.2 Å². The minimum absolute atomic E-state index is 0.0685. The van der Waals surface area contributed by atoms with Crippen molar-refractivity contribution in [1.29, 1.82) is 0 Å². The summed E-state index contributed by atoms with van der Waals surface area (Å²) >= 11 is 1.47. The van der Waals surface area contributed by atoms with E-state index in [1.165, 1.54) is 43.9 Å². The monoisotopic (exact) mass is 360 g/mol. The van der Waals surface area contributed by atoms with Gasteiger partial charge in [0.1, 0.15) is 0 Å². The van der Waals surface area contributed by atoms with Gasteiger partial charge in [0.15, 0.2) is 0 Å². The molecular formula is C20H28N2O2S. The second-order valence-electron chi connectivity index (χ2n) is 7.09. The molecule has 4 nitrogen and oxygen atoms in total. The minimum atomic E-state index is 0.0685. The largest absolute Gasteiger partial charge is 0.355 e. The quantitative estimate of drug-likeness (QED) is 0.787. The van der Waals surface area contributed by atoms with Gasteiger partial charge in [-0.2, -0.15) is 0 Å². The van der Waals surface area contributed by atoms with Crippen LogP contribution < -0.4 is 5.32 Å². The van der Waals surface area contributed by atoms with Gasteiger partial charge in [-0.15, -0.1) is 11.8 Å². The number of rotatable bonds is 6. The summed E-state index contributed by atoms with van der Waals surface area (Å²) in [5.74, 6) is 1.19. The van der Waals surface area contributed by atoms with Crippen LogP contribution in [0.3, 0.4) is 0 Å². The molecule has 1 N–H and O–H groups in total. The van der Waals surface area contributed by atoms with E-state index in [0.717, 1.165) is 42.9 Å². The number of hydrogen-bond acceptors (Lipinski definition) is 3. The molecule has 1 aliphatic carbocycles. The minimum Gasteiger partial charge on any atom is -0.355 e. The van der Waals surface area contributed by atoms with Crippen molar-refractivity contribution >= 4 is 23.6 Å². The molecule has 1 saturated carbocycles. The fourth-order valence-corrected chi connectivity index (χ4v) is 4.58. The summed E-state index contributed by atoms with van der Waals surface area (Å²) in [7, 11) is 0. The number of nitrogens with zero attached hydrogens (tertiary/aromatic N) is 1. The van der Waals surface area contributed by atoms with E-state index in [1.54, 1.807) is 0 Å². The van der Waals surface area contributed by atoms with E-state index in [-0.39, 0.29) is 11.8 Å². The first-order chi connectivity index (χ1) is 12.2. The van der Waals surface area contributed by atoms with Gasteiger partial charge in [-0.25, -0.2) is 0 Å². The Labute approximate surface area is 154 Å². The maximum atomic E-state index is 12.7. The van der Waals surface area contributed by atoms with Crippen molar-refractivity contribution < 1.29 is 9.59 Å². The number of nitrogens with one attached hydrogen (secondary N) is 1. The lowest BCUT2D eigenvalue weighted by Gasteiger charge is -2.21. The molecule has 1 aliphatic heterocycles. The first kappa shape index (κ1) is 18.3. The Kier molecular flexibility index (Phi) is 6.79. The molecule has 0 radical (unpaired) electrons. The number of benzene rings is 1. The second kappa shape index (κ2) is 9.27. The Bertz CT molecular complexity index is 593. The van der Waals surface area contributed by atoms with Crippen LogP contribution in [0.2, 0.25) is 0 Å². The summed E-state index contributed by atoms with van der Waals surface area (Å²) in [6.45, 7) is 2.49. The van der Waals surface area contributed by atoms with Crippen molar-refractivity contribution in [3.05, 3.63) is 29.8 Å². The number of amides is 2. The van der Waals surface area contributed by atoms with Crippen LogP contribution in [0.25, 0.3) is 0 Å². The van der Waals surface area contributed by atoms with Gasteiger partial charge in [-0.1, -0.05) is 31.4 Å². The van der Waals surface area contributed by atoms with E-state index in [2.05, 4.69) is 5.32 Å². The Morgan fingerprint density at radius 2 is 1.76 bits per heavy atom. The van der Waals surface area contributed by atoms with Crippen LogP contribution in [0.1, 0.15) is 55.3 Å². The van der Waals surface area contributed by atoms with Crippen LogP contribution in [0.5, 0.6) is 0 Å². The second-order valence-corrected chi connectivity index (χ2v) is 8.11. The van der Waals surface area contributed by atoms with E-state index >= 15 is 0 Å². The molecule has 0 spiro atoms. The highest BCUT2D eigenvalue weighted by atomic mass is 32.2. The zero-order chi connectivity index (χ0) is 17.5. The standard InChI is InChI=1S/C20H28N2O2S/c23-19(21-14-16-8-2-1-3-9-16)15-25-18-11-5-4-10-17(18)20(24)22-12-6-7-13-22/h4-5,10-11,16H,1-3,6-9,12-15H2,(H,21,23). The van der Waals surface area contributed by atoms with Crippen molar-refractivity contribution in [2.45, 2.75) is 49.8 Å². The lowest BCUT2D eigenvalue weighted by molar-refractivity contribution is -0.118. The fourth-order valence-electron chi connectivity index (χ4n) is 3.70. The summed E-state index contributed by atoms with van der Waals surface area (Å²) < 4.78 is 0. The molecule has 0 unspecified atom stereocenters. The van der Waals surface area contributed by atoms with Gasteiger partial charge in [0.05, 0.1) is 11.3 Å². The van der Waals surface area contributed by atoms with Crippen molar-refractivity contribution in [1.82, 2.24) is 10.2 Å². The highest BCUT2D eigenvalue weighted by molar-refractivity contribution is 8.00. The molecular weight excluding hydrogens is 332 g/mol. The molecule has 2 aliphatic rings. The maximum absolute atomic E-state index is 12.7. The number of carbonyl (C=O) groups is 2. The van der Waals surface area contributed by atoms with Gasteiger partial charge in [-0.05, 0) is 43.7 Å². The molecule has 1 aromatic carbocycles. The van der Waals surface area contributed by atoms with Crippen LogP contribution in [0.15, 0.2) is 29.2 Å². The van der Waals surface area contributed by atoms with Gasteiger partial charge in [0, 0.05) is 24.5 Å². The van der Waals surface area contributed by atoms with E-state index < -0.39 is 0 Å². The van der Waals surface area contributed by atoms with Crippen LogP contribution in [0.4, 0.5) is 0 Å². The highest BCUT2D eigenvalue weighted by Gasteiger charge is 2.22. The molecule has 0 atom stereocenters. The Morgan fingerprint density at radius 1 is 1.04 bits per heavy atom. The van der Waals surface area contributed by atoms with Crippen LogP contribution in [0, 0.1) is 5.92 Å². The van der Waals surface area contributed by atoms with E-state index in [9.17, 15) is 9.59 Å². The summed E-state index contributed by atoms with van der Waals surface area (Å²) in [6.07, 6.45) is 8.57. The molecule has 1 heterocycles.